The lowest BCUT2D eigenvalue weighted by Crippen LogP contribution is -2.53. The Morgan fingerprint density at radius 3 is 2.53 bits per heavy atom. The van der Waals surface area contributed by atoms with Crippen molar-refractivity contribution in [2.45, 2.75) is 51.1 Å². The molecule has 1 aliphatic heterocycles. The van der Waals surface area contributed by atoms with Crippen LogP contribution in [0.4, 0.5) is 0 Å². The molecule has 1 saturated carbocycles. The van der Waals surface area contributed by atoms with Gasteiger partial charge >= 0.3 is 0 Å². The van der Waals surface area contributed by atoms with Gasteiger partial charge in [0.2, 0.25) is 0 Å². The van der Waals surface area contributed by atoms with Crippen molar-refractivity contribution in [3.05, 3.63) is 0 Å². The molecule has 0 bridgehead atoms. The monoisotopic (exact) mass is 239 g/mol. The minimum absolute atomic E-state index is 0.653. The standard InChI is InChI=1S/C14H29N3/c1-3-13-11-16(2)8-5-9-17(13)14(10-15)12-6-4-7-12/h12-14H,3-11,15H2,1-2H3. The number of nitrogens with two attached hydrogens (primary N) is 1. The van der Waals surface area contributed by atoms with Crippen LogP contribution in [-0.4, -0.2) is 55.1 Å². The lowest BCUT2D eigenvalue weighted by atomic mass is 9.78. The van der Waals surface area contributed by atoms with Crippen LogP contribution in [-0.2, 0) is 0 Å². The van der Waals surface area contributed by atoms with Crippen LogP contribution >= 0.6 is 0 Å². The van der Waals surface area contributed by atoms with Crippen LogP contribution < -0.4 is 5.73 Å². The summed E-state index contributed by atoms with van der Waals surface area (Å²) in [4.78, 5) is 5.23. The van der Waals surface area contributed by atoms with Crippen molar-refractivity contribution in [3.8, 4) is 0 Å². The Kier molecular flexibility index (Phi) is 4.83. The van der Waals surface area contributed by atoms with Gasteiger partial charge in [0.15, 0.2) is 0 Å². The molecule has 1 saturated heterocycles. The van der Waals surface area contributed by atoms with Crippen LogP contribution in [0.1, 0.15) is 39.0 Å². The van der Waals surface area contributed by atoms with E-state index in [4.69, 9.17) is 5.73 Å². The van der Waals surface area contributed by atoms with E-state index >= 15 is 0 Å². The van der Waals surface area contributed by atoms with Crippen molar-refractivity contribution in [1.82, 2.24) is 9.80 Å². The molecule has 2 rings (SSSR count). The van der Waals surface area contributed by atoms with Gasteiger partial charge in [-0.2, -0.15) is 0 Å². The van der Waals surface area contributed by atoms with Gasteiger partial charge in [-0.15, -0.1) is 0 Å². The first kappa shape index (κ1) is 13.3. The molecule has 0 aromatic heterocycles. The maximum absolute atomic E-state index is 6.06. The highest BCUT2D eigenvalue weighted by Crippen LogP contribution is 2.33. The zero-order valence-corrected chi connectivity index (χ0v) is 11.6. The Morgan fingerprint density at radius 1 is 1.24 bits per heavy atom. The lowest BCUT2D eigenvalue weighted by molar-refractivity contribution is 0.0617. The van der Waals surface area contributed by atoms with E-state index in [1.807, 2.05) is 0 Å². The van der Waals surface area contributed by atoms with Gasteiger partial charge in [0.05, 0.1) is 0 Å². The van der Waals surface area contributed by atoms with E-state index in [0.717, 1.165) is 18.5 Å². The predicted molar refractivity (Wildman–Crippen MR) is 73.1 cm³/mol. The van der Waals surface area contributed by atoms with Crippen LogP contribution in [0.25, 0.3) is 0 Å². The fourth-order valence-electron chi connectivity index (χ4n) is 3.49. The summed E-state index contributed by atoms with van der Waals surface area (Å²) in [6.07, 6.45) is 6.80. The number of likely N-dealkylation sites (N-methyl/N-ethyl adjacent to an activating group) is 1. The molecule has 2 unspecified atom stereocenters. The third-order valence-corrected chi connectivity index (χ3v) is 4.78. The van der Waals surface area contributed by atoms with Gasteiger partial charge in [0.1, 0.15) is 0 Å². The molecule has 2 atom stereocenters. The van der Waals surface area contributed by atoms with E-state index in [1.54, 1.807) is 0 Å². The minimum atomic E-state index is 0.653. The molecule has 17 heavy (non-hydrogen) atoms. The van der Waals surface area contributed by atoms with Crippen LogP contribution in [0, 0.1) is 5.92 Å². The Bertz CT molecular complexity index is 228. The van der Waals surface area contributed by atoms with E-state index in [2.05, 4.69) is 23.8 Å². The highest BCUT2D eigenvalue weighted by molar-refractivity contribution is 4.90. The van der Waals surface area contributed by atoms with Gasteiger partial charge < -0.3 is 10.6 Å². The summed E-state index contributed by atoms with van der Waals surface area (Å²) in [6.45, 7) is 6.89. The maximum Gasteiger partial charge on any atom is 0.0250 e. The molecule has 1 aliphatic carbocycles. The number of rotatable bonds is 4. The van der Waals surface area contributed by atoms with Crippen LogP contribution in [0.2, 0.25) is 0 Å². The smallest absolute Gasteiger partial charge is 0.0250 e. The van der Waals surface area contributed by atoms with E-state index in [-0.39, 0.29) is 0 Å². The average molecular weight is 239 g/mol. The molecule has 0 amide bonds. The third-order valence-electron chi connectivity index (χ3n) is 4.78. The Balaban J connectivity index is 2.03. The van der Waals surface area contributed by atoms with E-state index in [9.17, 15) is 0 Å². The second-order valence-electron chi connectivity index (χ2n) is 5.91. The normalized spacial score (nSPS) is 30.9. The molecular weight excluding hydrogens is 210 g/mol. The average Bonchev–Trinajstić information content (AvgIpc) is 2.44. The van der Waals surface area contributed by atoms with Crippen molar-refractivity contribution in [2.75, 3.05) is 33.2 Å². The fraction of sp³-hybridized carbons (Fsp3) is 1.00. The van der Waals surface area contributed by atoms with Gasteiger partial charge in [0, 0.05) is 31.7 Å². The minimum Gasteiger partial charge on any atom is -0.329 e. The van der Waals surface area contributed by atoms with Crippen molar-refractivity contribution >= 4 is 0 Å². The molecule has 0 radical (unpaired) electrons. The summed E-state index contributed by atoms with van der Waals surface area (Å²) in [5.41, 5.74) is 6.06. The van der Waals surface area contributed by atoms with Crippen LogP contribution in [0.3, 0.4) is 0 Å². The van der Waals surface area contributed by atoms with Gasteiger partial charge in [-0.05, 0) is 45.2 Å². The SMILES string of the molecule is CCC1CN(C)CCCN1C(CN)C1CCC1. The molecular formula is C14H29N3. The molecule has 2 N–H and O–H groups in total. The first-order valence-electron chi connectivity index (χ1n) is 7.40. The highest BCUT2D eigenvalue weighted by Gasteiger charge is 2.34. The number of hydrogen-bond donors (Lipinski definition) is 1. The second kappa shape index (κ2) is 6.17. The topological polar surface area (TPSA) is 32.5 Å². The first-order chi connectivity index (χ1) is 8.26. The molecule has 3 heteroatoms. The van der Waals surface area contributed by atoms with E-state index in [0.29, 0.717) is 6.04 Å². The molecule has 1 heterocycles. The molecule has 100 valence electrons. The number of hydrogen-bond acceptors (Lipinski definition) is 3. The van der Waals surface area contributed by atoms with Gasteiger partial charge in [-0.3, -0.25) is 4.90 Å². The zero-order valence-electron chi connectivity index (χ0n) is 11.6. The highest BCUT2D eigenvalue weighted by atomic mass is 15.3. The van der Waals surface area contributed by atoms with E-state index < -0.39 is 0 Å². The summed E-state index contributed by atoms with van der Waals surface area (Å²) in [5, 5.41) is 0. The largest absolute Gasteiger partial charge is 0.329 e. The molecule has 0 aromatic carbocycles. The summed E-state index contributed by atoms with van der Waals surface area (Å²) >= 11 is 0. The second-order valence-corrected chi connectivity index (χ2v) is 5.91. The predicted octanol–water partition coefficient (Wildman–Crippen LogP) is 1.53. The first-order valence-corrected chi connectivity index (χ1v) is 7.40. The summed E-state index contributed by atoms with van der Waals surface area (Å²) < 4.78 is 0. The van der Waals surface area contributed by atoms with Crippen molar-refractivity contribution in [3.63, 3.8) is 0 Å². The van der Waals surface area contributed by atoms with Crippen molar-refractivity contribution in [2.24, 2.45) is 11.7 Å². The molecule has 2 aliphatic rings. The Labute approximate surface area is 106 Å². The van der Waals surface area contributed by atoms with Crippen LogP contribution in [0.5, 0.6) is 0 Å². The van der Waals surface area contributed by atoms with Crippen molar-refractivity contribution in [1.29, 1.82) is 0 Å². The van der Waals surface area contributed by atoms with Gasteiger partial charge in [0.25, 0.3) is 0 Å². The Morgan fingerprint density at radius 2 is 2.00 bits per heavy atom. The maximum atomic E-state index is 6.06. The van der Waals surface area contributed by atoms with Crippen molar-refractivity contribution < 1.29 is 0 Å². The lowest BCUT2D eigenvalue weighted by Gasteiger charge is -2.44. The third kappa shape index (κ3) is 3.01. The van der Waals surface area contributed by atoms with Gasteiger partial charge in [-0.25, -0.2) is 0 Å². The summed E-state index contributed by atoms with van der Waals surface area (Å²) in [6, 6.07) is 1.37. The molecule has 2 fully saturated rings. The molecule has 0 aromatic rings. The summed E-state index contributed by atoms with van der Waals surface area (Å²) in [5.74, 6) is 0.887. The fourth-order valence-corrected chi connectivity index (χ4v) is 3.49. The quantitative estimate of drug-likeness (QED) is 0.807. The Hall–Kier alpha value is -0.120. The van der Waals surface area contributed by atoms with Gasteiger partial charge in [-0.1, -0.05) is 13.3 Å². The number of nitrogens with zero attached hydrogens (tertiary/aromatic N) is 2. The molecule has 3 nitrogen and oxygen atoms in total. The molecule has 0 spiro atoms. The van der Waals surface area contributed by atoms with E-state index in [1.165, 1.54) is 51.7 Å². The summed E-state index contributed by atoms with van der Waals surface area (Å²) in [7, 11) is 2.26. The zero-order chi connectivity index (χ0) is 12.3. The van der Waals surface area contributed by atoms with Crippen LogP contribution in [0.15, 0.2) is 0 Å².